The fourth-order valence-electron chi connectivity index (χ4n) is 9.81. The van der Waals surface area contributed by atoms with Crippen molar-refractivity contribution in [2.24, 2.45) is 0 Å². The maximum atomic E-state index is 12.4. The van der Waals surface area contributed by atoms with Gasteiger partial charge >= 0.3 is 5.97 Å². The van der Waals surface area contributed by atoms with Gasteiger partial charge in [-0.25, -0.2) is 0 Å². The van der Waals surface area contributed by atoms with Gasteiger partial charge in [-0.05, 0) is 51.4 Å². The third-order valence-electron chi connectivity index (χ3n) is 14.6. The molecule has 2 unspecified atom stereocenters. The summed E-state index contributed by atoms with van der Waals surface area (Å²) in [4.78, 5) is 24.5. The van der Waals surface area contributed by atoms with Crippen molar-refractivity contribution in [2.75, 3.05) is 13.2 Å². The number of nitrogens with one attached hydrogen (secondary N) is 1. The van der Waals surface area contributed by atoms with E-state index in [0.29, 0.717) is 25.9 Å². The van der Waals surface area contributed by atoms with E-state index in [2.05, 4.69) is 31.3 Å². The Kier molecular flexibility index (Phi) is 57.0. The van der Waals surface area contributed by atoms with Crippen LogP contribution < -0.4 is 5.32 Å². The summed E-state index contributed by atoms with van der Waals surface area (Å²) in [5.41, 5.74) is 0. The van der Waals surface area contributed by atoms with E-state index >= 15 is 0 Å². The van der Waals surface area contributed by atoms with E-state index in [-0.39, 0.29) is 18.5 Å². The Morgan fingerprint density at radius 3 is 1.04 bits per heavy atom. The highest BCUT2D eigenvalue weighted by molar-refractivity contribution is 5.76. The Labute approximate surface area is 425 Å². The molecular formula is C62H121NO5. The molecule has 0 aromatic rings. The molecule has 0 saturated carbocycles. The Bertz CT molecular complexity index is 1020. The van der Waals surface area contributed by atoms with Gasteiger partial charge in [-0.3, -0.25) is 9.59 Å². The topological polar surface area (TPSA) is 95.9 Å². The SMILES string of the molecule is CCCCCCC/C=C\CCCCCCCC(=O)OCCCCCCCCCCCCCCCCCCCCCCCCCCCCC(=O)NC(CO)C(O)CCCCCCCCCCCCC. The molecule has 0 aliphatic heterocycles. The number of hydrogen-bond acceptors (Lipinski definition) is 5. The summed E-state index contributed by atoms with van der Waals surface area (Å²) in [7, 11) is 0. The van der Waals surface area contributed by atoms with Gasteiger partial charge in [0.05, 0.1) is 25.4 Å². The fraction of sp³-hybridized carbons (Fsp3) is 0.935. The zero-order valence-electron chi connectivity index (χ0n) is 46.1. The minimum Gasteiger partial charge on any atom is -0.466 e. The first kappa shape index (κ1) is 66.6. The summed E-state index contributed by atoms with van der Waals surface area (Å²) < 4.78 is 5.48. The Balaban J connectivity index is 3.32. The average molecular weight is 961 g/mol. The maximum Gasteiger partial charge on any atom is 0.305 e. The van der Waals surface area contributed by atoms with Crippen LogP contribution in [0.4, 0.5) is 0 Å². The van der Waals surface area contributed by atoms with Crippen LogP contribution in [0.15, 0.2) is 12.2 Å². The summed E-state index contributed by atoms with van der Waals surface area (Å²) in [5, 5.41) is 23.2. The zero-order valence-corrected chi connectivity index (χ0v) is 46.1. The molecular weight excluding hydrogens is 839 g/mol. The molecule has 0 aliphatic rings. The first-order valence-corrected chi connectivity index (χ1v) is 30.9. The van der Waals surface area contributed by atoms with Gasteiger partial charge in [-0.2, -0.15) is 0 Å². The van der Waals surface area contributed by atoms with E-state index in [9.17, 15) is 19.8 Å². The zero-order chi connectivity index (χ0) is 49.3. The lowest BCUT2D eigenvalue weighted by atomic mass is 10.0. The Morgan fingerprint density at radius 1 is 0.397 bits per heavy atom. The van der Waals surface area contributed by atoms with Crippen molar-refractivity contribution >= 4 is 11.9 Å². The number of rotatable bonds is 58. The predicted octanol–water partition coefficient (Wildman–Crippen LogP) is 19.2. The minimum absolute atomic E-state index is 0.00916. The number of carbonyl (C=O) groups excluding carboxylic acids is 2. The first-order valence-electron chi connectivity index (χ1n) is 30.9. The molecule has 0 aromatic carbocycles. The van der Waals surface area contributed by atoms with Gasteiger partial charge in [0.25, 0.3) is 0 Å². The van der Waals surface area contributed by atoms with Crippen molar-refractivity contribution in [3.63, 3.8) is 0 Å². The van der Waals surface area contributed by atoms with Gasteiger partial charge in [0.15, 0.2) is 0 Å². The third kappa shape index (κ3) is 53.9. The lowest BCUT2D eigenvalue weighted by molar-refractivity contribution is -0.143. The van der Waals surface area contributed by atoms with Crippen LogP contribution in [0.3, 0.4) is 0 Å². The van der Waals surface area contributed by atoms with Crippen LogP contribution in [-0.2, 0) is 14.3 Å². The van der Waals surface area contributed by atoms with Crippen LogP contribution in [0.5, 0.6) is 0 Å². The average Bonchev–Trinajstić information content (AvgIpc) is 3.34. The van der Waals surface area contributed by atoms with Crippen LogP contribution in [0.2, 0.25) is 0 Å². The van der Waals surface area contributed by atoms with Crippen LogP contribution in [0, 0.1) is 0 Å². The molecule has 404 valence electrons. The normalized spacial score (nSPS) is 12.6. The van der Waals surface area contributed by atoms with Gasteiger partial charge < -0.3 is 20.3 Å². The van der Waals surface area contributed by atoms with E-state index < -0.39 is 12.1 Å². The second-order valence-electron chi connectivity index (χ2n) is 21.4. The molecule has 0 aliphatic carbocycles. The van der Waals surface area contributed by atoms with Crippen molar-refractivity contribution in [1.29, 1.82) is 0 Å². The van der Waals surface area contributed by atoms with Gasteiger partial charge in [0.2, 0.25) is 5.91 Å². The number of ether oxygens (including phenoxy) is 1. The van der Waals surface area contributed by atoms with E-state index in [4.69, 9.17) is 4.74 Å². The van der Waals surface area contributed by atoms with Crippen molar-refractivity contribution in [3.8, 4) is 0 Å². The molecule has 0 saturated heterocycles. The van der Waals surface area contributed by atoms with E-state index in [1.807, 2.05) is 0 Å². The van der Waals surface area contributed by atoms with Gasteiger partial charge in [0, 0.05) is 12.8 Å². The molecule has 0 fully saturated rings. The highest BCUT2D eigenvalue weighted by atomic mass is 16.5. The molecule has 6 heteroatoms. The molecule has 0 spiro atoms. The number of unbranched alkanes of at least 4 members (excludes halogenated alkanes) is 45. The number of esters is 1. The third-order valence-corrected chi connectivity index (χ3v) is 14.6. The molecule has 2 atom stereocenters. The summed E-state index contributed by atoms with van der Waals surface area (Å²) in [5.74, 6) is -0.0231. The van der Waals surface area contributed by atoms with Crippen LogP contribution in [-0.4, -0.2) is 47.4 Å². The number of aliphatic hydroxyl groups is 2. The smallest absolute Gasteiger partial charge is 0.305 e. The molecule has 0 bridgehead atoms. The summed E-state index contributed by atoms with van der Waals surface area (Å²) >= 11 is 0. The summed E-state index contributed by atoms with van der Waals surface area (Å²) in [6, 6.07) is -0.537. The van der Waals surface area contributed by atoms with Gasteiger partial charge in [-0.1, -0.05) is 296 Å². The molecule has 1 amide bonds. The van der Waals surface area contributed by atoms with Crippen LogP contribution >= 0.6 is 0 Å². The first-order chi connectivity index (χ1) is 33.5. The number of allylic oxidation sites excluding steroid dienone is 2. The molecule has 3 N–H and O–H groups in total. The van der Waals surface area contributed by atoms with Crippen LogP contribution in [0.25, 0.3) is 0 Å². The second kappa shape index (κ2) is 58.2. The minimum atomic E-state index is -0.660. The lowest BCUT2D eigenvalue weighted by Gasteiger charge is -2.22. The number of carbonyl (C=O) groups is 2. The molecule has 0 aromatic heterocycles. The monoisotopic (exact) mass is 960 g/mol. The standard InChI is InChI=1S/C62H121NO5/c1-3-5-7-9-11-13-15-16-32-36-40-44-48-52-56-62(67)68-57-53-49-45-41-37-33-30-28-26-24-22-20-18-17-19-21-23-25-27-29-31-35-39-43-47-51-55-61(66)63-59(58-64)60(65)54-50-46-42-38-34-14-12-10-8-6-4-2/h15-16,59-60,64-65H,3-14,17-58H2,1-2H3,(H,63,66)/b16-15-. The number of aliphatic hydroxyl groups excluding tert-OH is 2. The highest BCUT2D eigenvalue weighted by Gasteiger charge is 2.20. The van der Waals surface area contributed by atoms with E-state index in [0.717, 1.165) is 44.9 Å². The Hall–Kier alpha value is -1.40. The van der Waals surface area contributed by atoms with Crippen molar-refractivity contribution < 1.29 is 24.5 Å². The molecule has 0 rings (SSSR count). The predicted molar refractivity (Wildman–Crippen MR) is 297 cm³/mol. The van der Waals surface area contributed by atoms with Crippen molar-refractivity contribution in [3.05, 3.63) is 12.2 Å². The number of hydrogen-bond donors (Lipinski definition) is 3. The molecule has 6 nitrogen and oxygen atoms in total. The fourth-order valence-corrected chi connectivity index (χ4v) is 9.81. The summed E-state index contributed by atoms with van der Waals surface area (Å²) in [6.45, 7) is 4.95. The van der Waals surface area contributed by atoms with Crippen molar-refractivity contribution in [1.82, 2.24) is 5.32 Å². The van der Waals surface area contributed by atoms with Gasteiger partial charge in [0.1, 0.15) is 0 Å². The lowest BCUT2D eigenvalue weighted by Crippen LogP contribution is -2.45. The number of amides is 1. The highest BCUT2D eigenvalue weighted by Crippen LogP contribution is 2.18. The molecule has 0 radical (unpaired) electrons. The van der Waals surface area contributed by atoms with E-state index in [1.165, 1.54) is 270 Å². The molecule has 0 heterocycles. The molecule has 68 heavy (non-hydrogen) atoms. The van der Waals surface area contributed by atoms with Gasteiger partial charge in [-0.15, -0.1) is 0 Å². The maximum absolute atomic E-state index is 12.4. The largest absolute Gasteiger partial charge is 0.466 e. The van der Waals surface area contributed by atoms with Crippen molar-refractivity contribution in [2.45, 2.75) is 360 Å². The van der Waals surface area contributed by atoms with E-state index in [1.54, 1.807) is 0 Å². The second-order valence-corrected chi connectivity index (χ2v) is 21.4. The van der Waals surface area contributed by atoms with Crippen LogP contribution in [0.1, 0.15) is 348 Å². The Morgan fingerprint density at radius 2 is 0.691 bits per heavy atom. The summed E-state index contributed by atoms with van der Waals surface area (Å²) in [6.07, 6.45) is 69.5. The quantitative estimate of drug-likeness (QED) is 0.0321.